The number of hydrogen-bond acceptors (Lipinski definition) is 8. The molecule has 0 unspecified atom stereocenters. The van der Waals surface area contributed by atoms with Gasteiger partial charge in [-0.2, -0.15) is 0 Å². The van der Waals surface area contributed by atoms with E-state index in [0.29, 0.717) is 33.5 Å². The maximum atomic E-state index is 14.9. The number of rotatable bonds is 5. The molecule has 0 fully saturated rings. The normalized spacial score (nSPS) is 12.6. The molecule has 0 aliphatic carbocycles. The lowest BCUT2D eigenvalue weighted by atomic mass is 9.81. The minimum absolute atomic E-state index is 0.223. The topological polar surface area (TPSA) is 105 Å². The van der Waals surface area contributed by atoms with Gasteiger partial charge in [0.15, 0.2) is 0 Å². The van der Waals surface area contributed by atoms with Gasteiger partial charge in [-0.25, -0.2) is 9.59 Å². The van der Waals surface area contributed by atoms with Gasteiger partial charge in [-0.3, -0.25) is 0 Å². The standard InChI is InChI=1S/C62H72O8P2/c1-33-29-45(59(9,10)11)53-49(37(33)5)50-38(6)34(2)30-46(60(12,13)14)54(50)66-71(65-53)69-57(63)43-27-23-21-25-41(43)42-26-22-24-28-44(42)58(64)70-72-67-55-47(61(15,16)17)31-35(3)39(7)51(55)52-40(8)36(4)32-48(56(52)68-72)62(18,19)20/h21-32H,1-20H3. The molecule has 0 radical (unpaired) electrons. The van der Waals surface area contributed by atoms with Crippen LogP contribution >= 0.6 is 16.5 Å². The zero-order chi connectivity index (χ0) is 52.9. The van der Waals surface area contributed by atoms with Crippen LogP contribution in [0.5, 0.6) is 0 Å². The van der Waals surface area contributed by atoms with Gasteiger partial charge in [-0.15, -0.1) is 0 Å². The van der Waals surface area contributed by atoms with Crippen LogP contribution in [-0.2, 0) is 21.7 Å². The zero-order valence-corrected chi connectivity index (χ0v) is 47.9. The first kappa shape index (κ1) is 52.4. The summed E-state index contributed by atoms with van der Waals surface area (Å²) in [5.41, 5.74) is 15.4. The Balaban J connectivity index is 1.31. The van der Waals surface area contributed by atoms with Crippen molar-refractivity contribution in [1.82, 2.24) is 0 Å². The van der Waals surface area contributed by atoms with Crippen LogP contribution in [0.25, 0.3) is 55.0 Å². The fraction of sp³-hybridized carbons (Fsp3) is 0.387. The van der Waals surface area contributed by atoms with Gasteiger partial charge in [0.25, 0.3) is 0 Å². The van der Waals surface area contributed by atoms with Crippen LogP contribution < -0.4 is 9.05 Å². The van der Waals surface area contributed by atoms with E-state index in [-0.39, 0.29) is 32.8 Å². The first-order chi connectivity index (χ1) is 33.4. The average molecular weight is 1010 g/mol. The molecule has 378 valence electrons. The van der Waals surface area contributed by atoms with Crippen molar-refractivity contribution in [2.45, 2.75) is 160 Å². The van der Waals surface area contributed by atoms with E-state index in [1.165, 1.54) is 0 Å². The Bertz CT molecular complexity index is 3220. The van der Waals surface area contributed by atoms with Gasteiger partial charge in [0.05, 0.1) is 11.1 Å². The van der Waals surface area contributed by atoms with Gasteiger partial charge >= 0.3 is 28.4 Å². The SMILES string of the molecule is Cc1cc(C(C)(C)C)c2op(OC(=O)c3ccccc3-c3ccccc3C(=O)Op3oc4c(C(C)(C)C)cc(C)c(C)c4c4c(C)c(C)cc(C(C)(C)C)c4o3)oc3c(C(C)(C)C)cc(C)c(C)c3c2c1C. The van der Waals surface area contributed by atoms with E-state index >= 15 is 0 Å². The highest BCUT2D eigenvalue weighted by Crippen LogP contribution is 2.48. The van der Waals surface area contributed by atoms with Crippen molar-refractivity contribution < 1.29 is 35.4 Å². The third-order valence-electron chi connectivity index (χ3n) is 14.5. The van der Waals surface area contributed by atoms with Crippen molar-refractivity contribution in [2.24, 2.45) is 0 Å². The Morgan fingerprint density at radius 2 is 0.597 bits per heavy atom. The van der Waals surface area contributed by atoms with E-state index in [4.69, 9.17) is 25.8 Å². The smallest absolute Gasteiger partial charge is 0.390 e. The monoisotopic (exact) mass is 1010 g/mol. The summed E-state index contributed by atoms with van der Waals surface area (Å²) >= 11 is 0. The van der Waals surface area contributed by atoms with Gasteiger partial charge in [0.1, 0.15) is 22.3 Å². The summed E-state index contributed by atoms with van der Waals surface area (Å²) in [5.74, 6) is -1.33. The van der Waals surface area contributed by atoms with Crippen LogP contribution in [0, 0.1) is 55.4 Å². The fourth-order valence-electron chi connectivity index (χ4n) is 9.82. The quantitative estimate of drug-likeness (QED) is 0.168. The molecule has 2 aromatic heterocycles. The summed E-state index contributed by atoms with van der Waals surface area (Å²) in [6.45, 7) is 42.9. The fourth-order valence-corrected chi connectivity index (χ4v) is 11.9. The summed E-state index contributed by atoms with van der Waals surface area (Å²) in [6.07, 6.45) is 0. The molecular weight excluding hydrogens is 935 g/mol. The van der Waals surface area contributed by atoms with Crippen LogP contribution in [-0.4, -0.2) is 11.9 Å². The van der Waals surface area contributed by atoms with E-state index in [2.05, 4.69) is 163 Å². The first-order valence-corrected chi connectivity index (χ1v) is 27.1. The highest BCUT2D eigenvalue weighted by atomic mass is 31.1. The Kier molecular flexibility index (Phi) is 13.5. The highest BCUT2D eigenvalue weighted by molar-refractivity contribution is 7.33. The van der Waals surface area contributed by atoms with Crippen LogP contribution in [0.4, 0.5) is 0 Å². The van der Waals surface area contributed by atoms with Crippen LogP contribution in [0.3, 0.4) is 0 Å². The molecule has 0 aliphatic rings. The summed E-state index contributed by atoms with van der Waals surface area (Å²) in [7, 11) is -4.73. The van der Waals surface area contributed by atoms with E-state index in [0.717, 1.165) is 88.3 Å². The molecule has 8 rings (SSSR count). The number of aryl methyl sites for hydroxylation is 8. The molecule has 0 atom stereocenters. The Morgan fingerprint density at radius 3 is 0.819 bits per heavy atom. The zero-order valence-electron chi connectivity index (χ0n) is 46.1. The molecule has 0 saturated heterocycles. The van der Waals surface area contributed by atoms with Crippen molar-refractivity contribution in [3.05, 3.63) is 151 Å². The second-order valence-electron chi connectivity index (χ2n) is 23.9. The molecule has 0 saturated carbocycles. The molecule has 8 aromatic rings. The van der Waals surface area contributed by atoms with E-state index in [1.807, 2.05) is 12.1 Å². The predicted octanol–water partition coefficient (Wildman–Crippen LogP) is 18.8. The third-order valence-corrected chi connectivity index (χ3v) is 16.4. The number of benzene rings is 6. The van der Waals surface area contributed by atoms with Gasteiger partial charge < -0.3 is 25.8 Å². The summed E-state index contributed by atoms with van der Waals surface area (Å²) < 4.78 is 40.6. The molecule has 0 aliphatic heterocycles. The lowest BCUT2D eigenvalue weighted by molar-refractivity contribution is 0.0779. The maximum Gasteiger partial charge on any atom is 0.455 e. The Hall–Kier alpha value is -5.94. The van der Waals surface area contributed by atoms with E-state index in [1.54, 1.807) is 36.4 Å². The van der Waals surface area contributed by atoms with Crippen LogP contribution in [0.2, 0.25) is 0 Å². The van der Waals surface area contributed by atoms with Crippen molar-refractivity contribution in [1.29, 1.82) is 0 Å². The molecule has 10 heteroatoms. The molecule has 2 heterocycles. The van der Waals surface area contributed by atoms with Gasteiger partial charge in [0.2, 0.25) is 0 Å². The van der Waals surface area contributed by atoms with Crippen molar-refractivity contribution in [3.8, 4) is 11.1 Å². The molecular formula is C62H72O8P2. The Morgan fingerprint density at radius 1 is 0.375 bits per heavy atom. The van der Waals surface area contributed by atoms with Gasteiger partial charge in [0, 0.05) is 43.8 Å². The number of hydrogen-bond donors (Lipinski definition) is 0. The minimum Gasteiger partial charge on any atom is -0.390 e. The molecule has 0 amide bonds. The maximum absolute atomic E-state index is 14.9. The van der Waals surface area contributed by atoms with Crippen molar-refractivity contribution in [2.75, 3.05) is 0 Å². The second kappa shape index (κ2) is 18.5. The lowest BCUT2D eigenvalue weighted by Gasteiger charge is -2.23. The number of carbonyl (C=O) groups excluding carboxylic acids is 2. The summed E-state index contributed by atoms with van der Waals surface area (Å²) in [4.78, 5) is 29.9. The number of carbonyl (C=O) groups is 2. The summed E-state index contributed by atoms with van der Waals surface area (Å²) in [5, 5.41) is 3.80. The third kappa shape index (κ3) is 9.46. The molecule has 0 spiro atoms. The minimum atomic E-state index is -2.37. The van der Waals surface area contributed by atoms with Crippen molar-refractivity contribution in [3.63, 3.8) is 0 Å². The molecule has 0 N–H and O–H groups in total. The van der Waals surface area contributed by atoms with Crippen LogP contribution in [0.1, 0.15) is 171 Å². The predicted molar refractivity (Wildman–Crippen MR) is 299 cm³/mol. The Labute approximate surface area is 427 Å². The molecule has 72 heavy (non-hydrogen) atoms. The largest absolute Gasteiger partial charge is 0.455 e. The number of fused-ring (bicyclic) bond motifs is 6. The van der Waals surface area contributed by atoms with Crippen LogP contribution in [0.15, 0.2) is 89.6 Å². The molecule has 6 aromatic carbocycles. The van der Waals surface area contributed by atoms with Crippen molar-refractivity contribution >= 4 is 72.3 Å². The molecule has 0 bridgehead atoms. The van der Waals surface area contributed by atoms with E-state index in [9.17, 15) is 9.59 Å². The molecule has 8 nitrogen and oxygen atoms in total. The second-order valence-corrected chi connectivity index (χ2v) is 25.9. The first-order valence-electron chi connectivity index (χ1n) is 24.9. The lowest BCUT2D eigenvalue weighted by Crippen LogP contribution is -2.13. The average Bonchev–Trinajstić information content (AvgIpc) is 3.55. The summed E-state index contributed by atoms with van der Waals surface area (Å²) in [6, 6.07) is 22.9. The highest BCUT2D eigenvalue weighted by Gasteiger charge is 2.31. The van der Waals surface area contributed by atoms with Gasteiger partial charge in [-0.1, -0.05) is 144 Å². The van der Waals surface area contributed by atoms with E-state index < -0.39 is 28.4 Å². The van der Waals surface area contributed by atoms with Gasteiger partial charge in [-0.05, 0) is 145 Å².